The predicted octanol–water partition coefficient (Wildman–Crippen LogP) is 2.35. The van der Waals surface area contributed by atoms with E-state index >= 15 is 0 Å². The fraction of sp³-hybridized carbons (Fsp3) is 0.263. The molecule has 9 heteroatoms. The van der Waals surface area contributed by atoms with E-state index in [0.717, 1.165) is 15.9 Å². The van der Waals surface area contributed by atoms with Crippen LogP contribution in [0.4, 0.5) is 5.69 Å². The van der Waals surface area contributed by atoms with E-state index in [1.807, 2.05) is 30.3 Å². The summed E-state index contributed by atoms with van der Waals surface area (Å²) in [4.78, 5) is 10.00. The Balaban J connectivity index is 2.09. The number of aliphatic hydroxyl groups excluding tert-OH is 1. The molecule has 0 aliphatic rings. The van der Waals surface area contributed by atoms with Crippen molar-refractivity contribution in [2.45, 2.75) is 17.6 Å². The van der Waals surface area contributed by atoms with Gasteiger partial charge in [0.05, 0.1) is 24.2 Å². The molecule has 2 rings (SSSR count). The molecule has 0 aliphatic carbocycles. The van der Waals surface area contributed by atoms with E-state index < -0.39 is 31.6 Å². The van der Waals surface area contributed by atoms with Crippen molar-refractivity contribution in [3.05, 3.63) is 82.9 Å². The molecular weight excluding hydrogens is 384 g/mol. The Bertz CT molecular complexity index is 902. The molecular formula is C19H22N2O6S. The van der Waals surface area contributed by atoms with Gasteiger partial charge in [-0.2, -0.15) is 4.31 Å². The molecule has 0 unspecified atom stereocenters. The second-order valence-corrected chi connectivity index (χ2v) is 7.90. The number of hydrogen-bond donors (Lipinski definition) is 1. The molecule has 0 spiro atoms. The van der Waals surface area contributed by atoms with Crippen LogP contribution in [0.15, 0.2) is 72.1 Å². The van der Waals surface area contributed by atoms with Gasteiger partial charge in [-0.25, -0.2) is 8.42 Å². The summed E-state index contributed by atoms with van der Waals surface area (Å²) in [6.45, 7) is 3.32. The summed E-state index contributed by atoms with van der Waals surface area (Å²) in [5.41, 5.74) is 0.400. The van der Waals surface area contributed by atoms with Crippen LogP contribution >= 0.6 is 0 Å². The van der Waals surface area contributed by atoms with E-state index in [2.05, 4.69) is 6.58 Å². The fourth-order valence-corrected chi connectivity index (χ4v) is 4.16. The number of rotatable bonds is 11. The molecule has 0 amide bonds. The van der Waals surface area contributed by atoms with Gasteiger partial charge in [0.15, 0.2) is 4.90 Å². The van der Waals surface area contributed by atoms with Crippen LogP contribution in [-0.4, -0.2) is 48.6 Å². The maximum atomic E-state index is 12.9. The van der Waals surface area contributed by atoms with Crippen LogP contribution in [0.25, 0.3) is 0 Å². The Morgan fingerprint density at radius 1 is 1.18 bits per heavy atom. The molecule has 150 valence electrons. The van der Waals surface area contributed by atoms with Crippen molar-refractivity contribution in [3.63, 3.8) is 0 Å². The SMILES string of the molecule is C=CCN(C[C@@H](O)COCc1ccccc1)S(=O)(=O)c1ccccc1[N+](=O)[O-]. The summed E-state index contributed by atoms with van der Waals surface area (Å²) in [7, 11) is -4.21. The first-order valence-electron chi connectivity index (χ1n) is 8.50. The number of benzene rings is 2. The van der Waals surface area contributed by atoms with Crippen molar-refractivity contribution >= 4 is 15.7 Å². The van der Waals surface area contributed by atoms with E-state index in [9.17, 15) is 23.6 Å². The van der Waals surface area contributed by atoms with Gasteiger partial charge in [0.25, 0.3) is 5.69 Å². The van der Waals surface area contributed by atoms with Crippen molar-refractivity contribution in [1.82, 2.24) is 4.31 Å². The molecule has 0 fully saturated rings. The lowest BCUT2D eigenvalue weighted by Gasteiger charge is -2.23. The highest BCUT2D eigenvalue weighted by molar-refractivity contribution is 7.89. The molecule has 0 saturated carbocycles. The zero-order chi connectivity index (χ0) is 20.6. The molecule has 0 aromatic heterocycles. The Labute approximate surface area is 163 Å². The van der Waals surface area contributed by atoms with Crippen molar-refractivity contribution in [2.75, 3.05) is 19.7 Å². The third kappa shape index (κ3) is 5.70. The summed E-state index contributed by atoms with van der Waals surface area (Å²) in [5.74, 6) is 0. The lowest BCUT2D eigenvalue weighted by molar-refractivity contribution is -0.387. The molecule has 0 heterocycles. The van der Waals surface area contributed by atoms with Gasteiger partial charge in [0.2, 0.25) is 10.0 Å². The number of sulfonamides is 1. The maximum Gasteiger partial charge on any atom is 0.289 e. The minimum Gasteiger partial charge on any atom is -0.389 e. The average Bonchev–Trinajstić information content (AvgIpc) is 2.68. The fourth-order valence-electron chi connectivity index (χ4n) is 2.55. The topological polar surface area (TPSA) is 110 Å². The van der Waals surface area contributed by atoms with Crippen LogP contribution in [0.3, 0.4) is 0 Å². The molecule has 2 aromatic carbocycles. The third-order valence-electron chi connectivity index (χ3n) is 3.85. The van der Waals surface area contributed by atoms with Gasteiger partial charge < -0.3 is 9.84 Å². The van der Waals surface area contributed by atoms with Gasteiger partial charge in [-0.05, 0) is 11.6 Å². The monoisotopic (exact) mass is 406 g/mol. The Hall–Kier alpha value is -2.59. The first-order valence-corrected chi connectivity index (χ1v) is 9.94. The minimum atomic E-state index is -4.21. The second-order valence-electron chi connectivity index (χ2n) is 5.99. The maximum absolute atomic E-state index is 12.9. The normalized spacial score (nSPS) is 12.6. The Morgan fingerprint density at radius 2 is 1.82 bits per heavy atom. The van der Waals surface area contributed by atoms with Crippen LogP contribution in [-0.2, 0) is 21.4 Å². The second kappa shape index (κ2) is 10.1. The van der Waals surface area contributed by atoms with Crippen molar-refractivity contribution in [1.29, 1.82) is 0 Å². The van der Waals surface area contributed by atoms with Crippen LogP contribution in [0.2, 0.25) is 0 Å². The quantitative estimate of drug-likeness (QED) is 0.348. The number of nitro benzene ring substituents is 1. The highest BCUT2D eigenvalue weighted by Crippen LogP contribution is 2.26. The molecule has 28 heavy (non-hydrogen) atoms. The van der Waals surface area contributed by atoms with Crippen LogP contribution in [0.5, 0.6) is 0 Å². The average molecular weight is 406 g/mol. The van der Waals surface area contributed by atoms with Crippen molar-refractivity contribution in [3.8, 4) is 0 Å². The van der Waals surface area contributed by atoms with Crippen molar-refractivity contribution < 1.29 is 23.2 Å². The number of nitrogens with zero attached hydrogens (tertiary/aromatic N) is 2. The summed E-state index contributed by atoms with van der Waals surface area (Å²) in [6.07, 6.45) is 0.241. The minimum absolute atomic E-state index is 0.0884. The lowest BCUT2D eigenvalue weighted by Crippen LogP contribution is -2.39. The van der Waals surface area contributed by atoms with E-state index in [-0.39, 0.29) is 26.3 Å². The van der Waals surface area contributed by atoms with Crippen LogP contribution < -0.4 is 0 Å². The van der Waals surface area contributed by atoms with Gasteiger partial charge in [-0.3, -0.25) is 10.1 Å². The van der Waals surface area contributed by atoms with Gasteiger partial charge in [-0.15, -0.1) is 6.58 Å². The molecule has 0 radical (unpaired) electrons. The lowest BCUT2D eigenvalue weighted by atomic mass is 10.2. The number of aliphatic hydroxyl groups is 1. The molecule has 0 aliphatic heterocycles. The number of nitro groups is 1. The smallest absolute Gasteiger partial charge is 0.289 e. The summed E-state index contributed by atoms with van der Waals surface area (Å²) in [6, 6.07) is 14.4. The van der Waals surface area contributed by atoms with E-state index in [0.29, 0.717) is 0 Å². The predicted molar refractivity (Wildman–Crippen MR) is 104 cm³/mol. The molecule has 1 N–H and O–H groups in total. The number of ether oxygens (including phenoxy) is 1. The first kappa shape index (κ1) is 21.7. The molecule has 1 atom stereocenters. The molecule has 2 aromatic rings. The zero-order valence-corrected chi connectivity index (χ0v) is 16.0. The van der Waals surface area contributed by atoms with Crippen molar-refractivity contribution in [2.24, 2.45) is 0 Å². The van der Waals surface area contributed by atoms with E-state index in [4.69, 9.17) is 4.74 Å². The van der Waals surface area contributed by atoms with Crippen LogP contribution in [0.1, 0.15) is 5.56 Å². The first-order chi connectivity index (χ1) is 13.4. The summed E-state index contributed by atoms with van der Waals surface area (Å²) in [5, 5.41) is 21.4. The number of hydrogen-bond acceptors (Lipinski definition) is 6. The van der Waals surface area contributed by atoms with Gasteiger partial charge in [0, 0.05) is 19.2 Å². The zero-order valence-electron chi connectivity index (χ0n) is 15.2. The molecule has 0 saturated heterocycles. The third-order valence-corrected chi connectivity index (χ3v) is 5.73. The largest absolute Gasteiger partial charge is 0.389 e. The summed E-state index contributed by atoms with van der Waals surface area (Å²) >= 11 is 0. The molecule has 8 nitrogen and oxygen atoms in total. The Morgan fingerprint density at radius 3 is 2.46 bits per heavy atom. The highest BCUT2D eigenvalue weighted by Gasteiger charge is 2.31. The van der Waals surface area contributed by atoms with E-state index in [1.165, 1.54) is 24.3 Å². The van der Waals surface area contributed by atoms with Gasteiger partial charge in [0.1, 0.15) is 0 Å². The molecule has 0 bridgehead atoms. The highest BCUT2D eigenvalue weighted by atomic mass is 32.2. The Kier molecular flexibility index (Phi) is 7.82. The van der Waals surface area contributed by atoms with Gasteiger partial charge in [-0.1, -0.05) is 48.5 Å². The van der Waals surface area contributed by atoms with E-state index in [1.54, 1.807) is 0 Å². The standard InChI is InChI=1S/C19H22N2O6S/c1-2-12-20(13-17(22)15-27-14-16-8-4-3-5-9-16)28(25,26)19-11-7-6-10-18(19)21(23)24/h2-11,17,22H,1,12-15H2/t17-/m1/s1. The summed E-state index contributed by atoms with van der Waals surface area (Å²) < 4.78 is 32.2. The van der Waals surface area contributed by atoms with Crippen LogP contribution in [0, 0.1) is 10.1 Å². The van der Waals surface area contributed by atoms with Gasteiger partial charge >= 0.3 is 0 Å². The number of para-hydroxylation sites is 1.